The molecule has 1 heterocycles. The van der Waals surface area contributed by atoms with Gasteiger partial charge in [-0.15, -0.1) is 0 Å². The van der Waals surface area contributed by atoms with Crippen LogP contribution in [0.5, 0.6) is 0 Å². The van der Waals surface area contributed by atoms with Gasteiger partial charge >= 0.3 is 0 Å². The summed E-state index contributed by atoms with van der Waals surface area (Å²) in [6.07, 6.45) is 4.42. The van der Waals surface area contributed by atoms with Crippen LogP contribution in [0.25, 0.3) is 0 Å². The first-order valence-corrected chi connectivity index (χ1v) is 5.94. The standard InChI is InChI=1S/C9H15IN2/c1-3-9(4-2)12-6-5-8(7-10)11-12/h5-6,9H,3-4,7H2,1-2H3. The van der Waals surface area contributed by atoms with Crippen molar-refractivity contribution in [1.29, 1.82) is 0 Å². The number of halogens is 1. The molecular weight excluding hydrogens is 263 g/mol. The van der Waals surface area contributed by atoms with Crippen molar-refractivity contribution >= 4 is 22.6 Å². The molecule has 0 saturated carbocycles. The van der Waals surface area contributed by atoms with E-state index in [4.69, 9.17) is 0 Å². The SMILES string of the molecule is CCC(CC)n1ccc(CI)n1. The van der Waals surface area contributed by atoms with Crippen molar-refractivity contribution < 1.29 is 0 Å². The highest BCUT2D eigenvalue weighted by Crippen LogP contribution is 2.15. The fraction of sp³-hybridized carbons (Fsp3) is 0.667. The first-order chi connectivity index (χ1) is 5.81. The maximum absolute atomic E-state index is 4.48. The van der Waals surface area contributed by atoms with Crippen molar-refractivity contribution in [3.8, 4) is 0 Å². The third-order valence-electron chi connectivity index (χ3n) is 2.12. The zero-order valence-electron chi connectivity index (χ0n) is 7.63. The first-order valence-electron chi connectivity index (χ1n) is 4.41. The van der Waals surface area contributed by atoms with Crippen LogP contribution in [0.3, 0.4) is 0 Å². The Kier molecular flexibility index (Phi) is 4.05. The number of alkyl halides is 1. The minimum atomic E-state index is 0.585. The molecule has 0 bridgehead atoms. The van der Waals surface area contributed by atoms with Gasteiger partial charge in [0.15, 0.2) is 0 Å². The van der Waals surface area contributed by atoms with Gasteiger partial charge < -0.3 is 0 Å². The summed E-state index contributed by atoms with van der Waals surface area (Å²) >= 11 is 2.34. The van der Waals surface area contributed by atoms with Crippen LogP contribution in [0.15, 0.2) is 12.3 Å². The van der Waals surface area contributed by atoms with E-state index in [1.807, 2.05) is 0 Å². The summed E-state index contributed by atoms with van der Waals surface area (Å²) in [5.74, 6) is 0. The van der Waals surface area contributed by atoms with E-state index in [9.17, 15) is 0 Å². The normalized spacial score (nSPS) is 11.0. The minimum Gasteiger partial charge on any atom is -0.269 e. The summed E-state index contributed by atoms with van der Waals surface area (Å²) in [5.41, 5.74) is 1.18. The van der Waals surface area contributed by atoms with Crippen LogP contribution in [0, 0.1) is 0 Å². The molecule has 0 amide bonds. The fourth-order valence-electron chi connectivity index (χ4n) is 1.31. The fourth-order valence-corrected chi connectivity index (χ4v) is 1.72. The van der Waals surface area contributed by atoms with Crippen LogP contribution in [0.1, 0.15) is 38.4 Å². The molecular formula is C9H15IN2. The number of aromatic nitrogens is 2. The molecule has 0 aliphatic rings. The second-order valence-corrected chi connectivity index (χ2v) is 3.65. The summed E-state index contributed by atoms with van der Waals surface area (Å²) in [5, 5.41) is 4.48. The Labute approximate surface area is 87.5 Å². The molecule has 0 N–H and O–H groups in total. The third-order valence-corrected chi connectivity index (χ3v) is 2.90. The maximum Gasteiger partial charge on any atom is 0.0722 e. The Balaban J connectivity index is 2.72. The lowest BCUT2D eigenvalue weighted by Gasteiger charge is -2.12. The Morgan fingerprint density at radius 3 is 2.58 bits per heavy atom. The summed E-state index contributed by atoms with van der Waals surface area (Å²) in [6, 6.07) is 2.69. The van der Waals surface area contributed by atoms with Crippen LogP contribution in [0.2, 0.25) is 0 Å². The zero-order valence-corrected chi connectivity index (χ0v) is 9.78. The Morgan fingerprint density at radius 1 is 1.50 bits per heavy atom. The molecule has 0 fully saturated rings. The third kappa shape index (κ3) is 2.21. The van der Waals surface area contributed by atoms with Gasteiger partial charge in [-0.3, -0.25) is 4.68 Å². The van der Waals surface area contributed by atoms with E-state index in [2.05, 4.69) is 58.5 Å². The lowest BCUT2D eigenvalue weighted by Crippen LogP contribution is -2.07. The molecule has 1 rings (SSSR count). The molecule has 0 radical (unpaired) electrons. The monoisotopic (exact) mass is 278 g/mol. The van der Waals surface area contributed by atoms with Crippen molar-refractivity contribution in [2.45, 2.75) is 37.2 Å². The lowest BCUT2D eigenvalue weighted by atomic mass is 10.2. The quantitative estimate of drug-likeness (QED) is 0.611. The second kappa shape index (κ2) is 4.84. The second-order valence-electron chi connectivity index (χ2n) is 2.89. The number of rotatable bonds is 4. The van der Waals surface area contributed by atoms with Gasteiger partial charge in [0.05, 0.1) is 11.7 Å². The van der Waals surface area contributed by atoms with Crippen LogP contribution >= 0.6 is 22.6 Å². The Hall–Kier alpha value is -0.0600. The summed E-state index contributed by atoms with van der Waals surface area (Å²) in [7, 11) is 0. The van der Waals surface area contributed by atoms with Crippen LogP contribution in [-0.2, 0) is 4.43 Å². The van der Waals surface area contributed by atoms with Gasteiger partial charge in [0.1, 0.15) is 0 Å². The Bertz CT molecular complexity index is 228. The highest BCUT2D eigenvalue weighted by Gasteiger charge is 2.06. The highest BCUT2D eigenvalue weighted by molar-refractivity contribution is 14.1. The van der Waals surface area contributed by atoms with Crippen molar-refractivity contribution in [2.24, 2.45) is 0 Å². The van der Waals surface area contributed by atoms with Gasteiger partial charge in [0, 0.05) is 10.6 Å². The van der Waals surface area contributed by atoms with Gasteiger partial charge in [0.25, 0.3) is 0 Å². The molecule has 0 aliphatic heterocycles. The zero-order chi connectivity index (χ0) is 8.97. The van der Waals surface area contributed by atoms with E-state index in [0.717, 1.165) is 4.43 Å². The average Bonchev–Trinajstić information content (AvgIpc) is 2.55. The van der Waals surface area contributed by atoms with Crippen LogP contribution < -0.4 is 0 Å². The molecule has 0 atom stereocenters. The topological polar surface area (TPSA) is 17.8 Å². The molecule has 68 valence electrons. The van der Waals surface area contributed by atoms with E-state index < -0.39 is 0 Å². The molecule has 0 aliphatic carbocycles. The minimum absolute atomic E-state index is 0.585. The number of hydrogen-bond donors (Lipinski definition) is 0. The van der Waals surface area contributed by atoms with E-state index in [1.54, 1.807) is 0 Å². The molecule has 0 unspecified atom stereocenters. The van der Waals surface area contributed by atoms with Crippen molar-refractivity contribution in [1.82, 2.24) is 9.78 Å². The summed E-state index contributed by atoms with van der Waals surface area (Å²) < 4.78 is 3.10. The van der Waals surface area contributed by atoms with E-state index >= 15 is 0 Å². The van der Waals surface area contributed by atoms with E-state index in [0.29, 0.717) is 6.04 Å². The van der Waals surface area contributed by atoms with E-state index in [1.165, 1.54) is 18.5 Å². The average molecular weight is 278 g/mol. The molecule has 0 spiro atoms. The van der Waals surface area contributed by atoms with Crippen LogP contribution in [0.4, 0.5) is 0 Å². The lowest BCUT2D eigenvalue weighted by molar-refractivity contribution is 0.426. The van der Waals surface area contributed by atoms with Gasteiger partial charge in [-0.2, -0.15) is 5.10 Å². The van der Waals surface area contributed by atoms with Gasteiger partial charge in [-0.05, 0) is 18.9 Å². The summed E-state index contributed by atoms with van der Waals surface area (Å²) in [4.78, 5) is 0. The Morgan fingerprint density at radius 2 is 2.17 bits per heavy atom. The molecule has 12 heavy (non-hydrogen) atoms. The smallest absolute Gasteiger partial charge is 0.0722 e. The molecule has 0 saturated heterocycles. The molecule has 2 nitrogen and oxygen atoms in total. The predicted octanol–water partition coefficient (Wildman–Crippen LogP) is 3.18. The van der Waals surface area contributed by atoms with Crippen molar-refractivity contribution in [3.63, 3.8) is 0 Å². The maximum atomic E-state index is 4.48. The van der Waals surface area contributed by atoms with Crippen molar-refractivity contribution in [3.05, 3.63) is 18.0 Å². The van der Waals surface area contributed by atoms with Crippen LogP contribution in [-0.4, -0.2) is 9.78 Å². The largest absolute Gasteiger partial charge is 0.269 e. The first kappa shape index (κ1) is 10.0. The summed E-state index contributed by atoms with van der Waals surface area (Å²) in [6.45, 7) is 4.42. The molecule has 0 aromatic carbocycles. The molecule has 1 aromatic rings. The molecule has 1 aromatic heterocycles. The number of hydrogen-bond acceptors (Lipinski definition) is 1. The molecule has 3 heteroatoms. The van der Waals surface area contributed by atoms with Gasteiger partial charge in [0.2, 0.25) is 0 Å². The van der Waals surface area contributed by atoms with Crippen molar-refractivity contribution in [2.75, 3.05) is 0 Å². The predicted molar refractivity (Wildman–Crippen MR) is 59.6 cm³/mol. The highest BCUT2D eigenvalue weighted by atomic mass is 127. The van der Waals surface area contributed by atoms with E-state index in [-0.39, 0.29) is 0 Å². The van der Waals surface area contributed by atoms with Gasteiger partial charge in [-0.25, -0.2) is 0 Å². The number of nitrogens with zero attached hydrogens (tertiary/aromatic N) is 2. The van der Waals surface area contributed by atoms with Gasteiger partial charge in [-0.1, -0.05) is 36.4 Å².